The quantitative estimate of drug-likeness (QED) is 0.179. The van der Waals surface area contributed by atoms with Gasteiger partial charge in [0.1, 0.15) is 22.9 Å². The van der Waals surface area contributed by atoms with Crippen molar-refractivity contribution in [3.8, 4) is 17.1 Å². The summed E-state index contributed by atoms with van der Waals surface area (Å²) in [5.41, 5.74) is -1.17. The maximum Gasteiger partial charge on any atom is 0.573 e. The number of ether oxygens (including phenoxy) is 1. The fraction of sp³-hybridized carbons (Fsp3) is 0.400. The van der Waals surface area contributed by atoms with Crippen LogP contribution in [0, 0.1) is 11.7 Å². The number of hydrogen-bond acceptors (Lipinski definition) is 6. The number of halogens is 7. The summed E-state index contributed by atoms with van der Waals surface area (Å²) in [4.78, 5) is 24.6. The molecule has 4 aromatic rings. The number of carbonyl (C=O) groups is 1. The zero-order chi connectivity index (χ0) is 32.8. The van der Waals surface area contributed by atoms with Gasteiger partial charge >= 0.3 is 18.5 Å². The van der Waals surface area contributed by atoms with Crippen LogP contribution in [0.15, 0.2) is 36.4 Å². The van der Waals surface area contributed by atoms with Gasteiger partial charge in [0.2, 0.25) is 5.82 Å². The average Bonchev–Trinajstić information content (AvgIpc) is 3.24. The van der Waals surface area contributed by atoms with Crippen LogP contribution in [0.1, 0.15) is 73.3 Å². The molecule has 0 radical (unpaired) electrons. The molecule has 240 valence electrons. The predicted molar refractivity (Wildman–Crippen MR) is 149 cm³/mol. The van der Waals surface area contributed by atoms with Gasteiger partial charge in [-0.05, 0) is 67.0 Å². The standard InChI is InChI=1S/C30H28F7N5O3/c1-14(2)18-8-10-22(45-30(35,36)37)19(12-18)27-41-25-23(42(27)13-16-7-9-20(21(31)11-16)29(32,33)34)24(39-26(40-25)28(43)44)38-15(3)17-5-4-6-17/h7-12,14-15,17H,4-6,13H2,1-3H3,(H,43,44)(H,38,39,40). The molecule has 1 aliphatic rings. The Bertz CT molecular complexity index is 1750. The second-order valence-corrected chi connectivity index (χ2v) is 11.3. The fourth-order valence-corrected chi connectivity index (χ4v) is 5.23. The lowest BCUT2D eigenvalue weighted by atomic mass is 9.80. The number of nitrogens with one attached hydrogen (secondary N) is 1. The number of rotatable bonds is 9. The summed E-state index contributed by atoms with van der Waals surface area (Å²) in [6, 6.07) is 6.06. The van der Waals surface area contributed by atoms with Gasteiger partial charge < -0.3 is 19.7 Å². The van der Waals surface area contributed by atoms with Crippen molar-refractivity contribution in [2.45, 2.75) is 71.1 Å². The maximum atomic E-state index is 14.6. The molecule has 0 aliphatic heterocycles. The summed E-state index contributed by atoms with van der Waals surface area (Å²) in [6.07, 6.45) is -7.23. The fourth-order valence-electron chi connectivity index (χ4n) is 5.23. The van der Waals surface area contributed by atoms with Crippen LogP contribution in [0.25, 0.3) is 22.6 Å². The van der Waals surface area contributed by atoms with E-state index >= 15 is 0 Å². The third-order valence-electron chi connectivity index (χ3n) is 7.83. The van der Waals surface area contributed by atoms with E-state index in [0.717, 1.165) is 31.4 Å². The number of imidazole rings is 1. The third-order valence-corrected chi connectivity index (χ3v) is 7.83. The molecule has 2 heterocycles. The highest BCUT2D eigenvalue weighted by atomic mass is 19.4. The van der Waals surface area contributed by atoms with Gasteiger partial charge in [-0.1, -0.05) is 32.4 Å². The lowest BCUT2D eigenvalue weighted by Gasteiger charge is -2.32. The lowest BCUT2D eigenvalue weighted by Crippen LogP contribution is -2.31. The molecule has 45 heavy (non-hydrogen) atoms. The second kappa shape index (κ2) is 11.8. The van der Waals surface area contributed by atoms with Crippen LogP contribution in [0.2, 0.25) is 0 Å². The van der Waals surface area contributed by atoms with Crippen LogP contribution >= 0.6 is 0 Å². The molecule has 2 aromatic heterocycles. The van der Waals surface area contributed by atoms with Crippen molar-refractivity contribution in [1.29, 1.82) is 0 Å². The third kappa shape index (κ3) is 6.81. The molecule has 2 N–H and O–H groups in total. The minimum absolute atomic E-state index is 0.00115. The zero-order valence-corrected chi connectivity index (χ0v) is 24.2. The minimum Gasteiger partial charge on any atom is -0.475 e. The molecule has 5 rings (SSSR count). The first-order valence-corrected chi connectivity index (χ1v) is 14.1. The highest BCUT2D eigenvalue weighted by molar-refractivity contribution is 5.92. The molecular formula is C30H28F7N5O3. The van der Waals surface area contributed by atoms with Crippen LogP contribution in [-0.2, 0) is 12.7 Å². The van der Waals surface area contributed by atoms with E-state index in [2.05, 4.69) is 25.0 Å². The Labute approximate surface area is 252 Å². The monoisotopic (exact) mass is 639 g/mol. The number of anilines is 1. The Morgan fingerprint density at radius 3 is 2.31 bits per heavy atom. The molecule has 1 unspecified atom stereocenters. The smallest absolute Gasteiger partial charge is 0.475 e. The summed E-state index contributed by atoms with van der Waals surface area (Å²) < 4.78 is 101. The van der Waals surface area contributed by atoms with Crippen LogP contribution < -0.4 is 10.1 Å². The first-order valence-electron chi connectivity index (χ1n) is 14.1. The Morgan fingerprint density at radius 1 is 1.04 bits per heavy atom. The number of carboxylic acid groups (broad SMARTS) is 1. The Morgan fingerprint density at radius 2 is 1.76 bits per heavy atom. The van der Waals surface area contributed by atoms with Crippen molar-refractivity contribution in [1.82, 2.24) is 19.5 Å². The van der Waals surface area contributed by atoms with E-state index in [4.69, 9.17) is 0 Å². The Hall–Kier alpha value is -4.43. The molecule has 0 saturated heterocycles. The molecule has 0 amide bonds. The Kier molecular flexibility index (Phi) is 8.40. The number of carboxylic acids is 1. The zero-order valence-electron chi connectivity index (χ0n) is 24.2. The number of aromatic nitrogens is 4. The van der Waals surface area contributed by atoms with Gasteiger partial charge in [0, 0.05) is 12.6 Å². The van der Waals surface area contributed by atoms with Crippen LogP contribution in [0.5, 0.6) is 5.75 Å². The summed E-state index contributed by atoms with van der Waals surface area (Å²) in [5.74, 6) is -4.39. The summed E-state index contributed by atoms with van der Waals surface area (Å²) in [6.45, 7) is 5.10. The molecule has 0 bridgehead atoms. The van der Waals surface area contributed by atoms with E-state index in [1.54, 1.807) is 0 Å². The summed E-state index contributed by atoms with van der Waals surface area (Å²) in [5, 5.41) is 12.9. The van der Waals surface area contributed by atoms with Gasteiger partial charge in [0.05, 0.1) is 11.1 Å². The lowest BCUT2D eigenvalue weighted by molar-refractivity contribution is -0.274. The summed E-state index contributed by atoms with van der Waals surface area (Å²) in [7, 11) is 0. The van der Waals surface area contributed by atoms with Crippen LogP contribution in [0.4, 0.5) is 36.6 Å². The molecule has 1 saturated carbocycles. The van der Waals surface area contributed by atoms with Crippen LogP contribution in [-0.4, -0.2) is 43.0 Å². The van der Waals surface area contributed by atoms with Crippen molar-refractivity contribution in [3.05, 3.63) is 64.7 Å². The SMILES string of the molecule is CC(C)c1ccc(OC(F)(F)F)c(-c2nc3nc(C(=O)O)nc(NC(C)C4CCC4)c3n2Cc2ccc(C(F)(F)F)c(F)c2)c1. The van der Waals surface area contributed by atoms with E-state index in [1.807, 2.05) is 20.8 Å². The molecule has 8 nitrogen and oxygen atoms in total. The highest BCUT2D eigenvalue weighted by Crippen LogP contribution is 2.40. The van der Waals surface area contributed by atoms with Crippen molar-refractivity contribution in [2.75, 3.05) is 5.32 Å². The number of fused-ring (bicyclic) bond motifs is 1. The molecule has 0 spiro atoms. The van der Waals surface area contributed by atoms with Crippen molar-refractivity contribution in [3.63, 3.8) is 0 Å². The topological polar surface area (TPSA) is 102 Å². The van der Waals surface area contributed by atoms with Crippen molar-refractivity contribution >= 4 is 23.0 Å². The van der Waals surface area contributed by atoms with E-state index in [9.17, 15) is 40.6 Å². The van der Waals surface area contributed by atoms with Crippen LogP contribution in [0.3, 0.4) is 0 Å². The van der Waals surface area contributed by atoms with Gasteiger partial charge in [0.15, 0.2) is 11.5 Å². The van der Waals surface area contributed by atoms with E-state index < -0.39 is 41.5 Å². The Balaban J connectivity index is 1.78. The predicted octanol–water partition coefficient (Wildman–Crippen LogP) is 8.02. The first-order chi connectivity index (χ1) is 21.0. The molecule has 1 fully saturated rings. The maximum absolute atomic E-state index is 14.6. The van der Waals surface area contributed by atoms with Gasteiger partial charge in [0.25, 0.3) is 0 Å². The number of alkyl halides is 6. The number of hydrogen-bond donors (Lipinski definition) is 2. The molecule has 1 aliphatic carbocycles. The normalized spacial score (nSPS) is 14.9. The van der Waals surface area contributed by atoms with Gasteiger partial charge in [-0.25, -0.2) is 24.1 Å². The molecule has 1 atom stereocenters. The first kappa shape index (κ1) is 32.0. The second-order valence-electron chi connectivity index (χ2n) is 11.3. The number of nitrogens with zero attached hydrogens (tertiary/aromatic N) is 4. The van der Waals surface area contributed by atoms with Gasteiger partial charge in [-0.15, -0.1) is 13.2 Å². The summed E-state index contributed by atoms with van der Waals surface area (Å²) >= 11 is 0. The molecular weight excluding hydrogens is 611 g/mol. The number of benzene rings is 2. The van der Waals surface area contributed by atoms with Crippen molar-refractivity contribution in [2.24, 2.45) is 5.92 Å². The number of aromatic carboxylic acids is 1. The largest absolute Gasteiger partial charge is 0.573 e. The molecule has 2 aromatic carbocycles. The van der Waals surface area contributed by atoms with Gasteiger partial charge in [-0.2, -0.15) is 13.2 Å². The highest BCUT2D eigenvalue weighted by Gasteiger charge is 2.35. The van der Waals surface area contributed by atoms with E-state index in [-0.39, 0.29) is 58.4 Å². The average molecular weight is 640 g/mol. The van der Waals surface area contributed by atoms with E-state index in [0.29, 0.717) is 17.7 Å². The van der Waals surface area contributed by atoms with Gasteiger partial charge in [-0.3, -0.25) is 0 Å². The van der Waals surface area contributed by atoms with Crippen molar-refractivity contribution < 1.29 is 45.4 Å². The molecule has 15 heteroatoms. The van der Waals surface area contributed by atoms with E-state index in [1.165, 1.54) is 16.7 Å². The minimum atomic E-state index is -5.09.